The van der Waals surface area contributed by atoms with Crippen molar-refractivity contribution in [2.24, 2.45) is 23.7 Å². The summed E-state index contributed by atoms with van der Waals surface area (Å²) in [4.78, 5) is 4.55. The van der Waals surface area contributed by atoms with E-state index in [1.807, 2.05) is 0 Å². The summed E-state index contributed by atoms with van der Waals surface area (Å²) < 4.78 is 0. The quantitative estimate of drug-likeness (QED) is 0.512. The third-order valence-corrected chi connectivity index (χ3v) is 5.45. The highest BCUT2D eigenvalue weighted by molar-refractivity contribution is 5.23. The fourth-order valence-electron chi connectivity index (χ4n) is 4.66. The molecule has 0 N–H and O–H groups in total. The minimum atomic E-state index is 0.740. The fraction of sp³-hybridized carbons (Fsp3) is 0.769. The average molecular weight is 389 g/mol. The highest BCUT2D eigenvalue weighted by Crippen LogP contribution is 2.33. The minimum Gasteiger partial charge on any atom is -0.309 e. The van der Waals surface area contributed by atoms with E-state index in [4.69, 9.17) is 0 Å². The van der Waals surface area contributed by atoms with Crippen LogP contribution in [-0.2, 0) is 13.0 Å². The maximum atomic E-state index is 2.36. The number of benzene rings is 1. The van der Waals surface area contributed by atoms with Crippen LogP contribution in [0.4, 0.5) is 0 Å². The maximum Gasteiger partial charge on any atom is 0.0227 e. The largest absolute Gasteiger partial charge is 0.309 e. The zero-order chi connectivity index (χ0) is 21.1. The topological polar surface area (TPSA) is 6.48 Å². The summed E-state index contributed by atoms with van der Waals surface area (Å²) in [5, 5.41) is 0. The van der Waals surface area contributed by atoms with Gasteiger partial charge in [0.1, 0.15) is 0 Å². The molecule has 162 valence electrons. The second-order valence-electron chi connectivity index (χ2n) is 10.4. The Morgan fingerprint density at radius 2 is 1.50 bits per heavy atom. The molecule has 1 aromatic rings. The van der Waals surface area contributed by atoms with Gasteiger partial charge in [-0.15, -0.1) is 0 Å². The molecule has 1 fully saturated rings. The summed E-state index contributed by atoms with van der Waals surface area (Å²) in [6, 6.07) is 8.90. The summed E-state index contributed by atoms with van der Waals surface area (Å²) >= 11 is 0. The van der Waals surface area contributed by atoms with Gasteiger partial charge in [-0.2, -0.15) is 0 Å². The second-order valence-corrected chi connectivity index (χ2v) is 10.4. The van der Waals surface area contributed by atoms with Crippen LogP contribution < -0.4 is 0 Å². The standard InChI is InChI=1S/C13H27N.C13H21N/c2*1-11(2)8-12-6-5-7-13(9-12)10-14(3)4/h11-13H,5-10H2,1-4H3;5-7,9,11H,8,10H2,1-4H3. The summed E-state index contributed by atoms with van der Waals surface area (Å²) in [5.41, 5.74) is 2.87. The molecule has 2 nitrogen and oxygen atoms in total. The number of rotatable bonds is 8. The van der Waals surface area contributed by atoms with Gasteiger partial charge in [-0.25, -0.2) is 0 Å². The first-order valence-corrected chi connectivity index (χ1v) is 11.5. The zero-order valence-electron chi connectivity index (χ0n) is 20.2. The van der Waals surface area contributed by atoms with Crippen molar-refractivity contribution < 1.29 is 0 Å². The van der Waals surface area contributed by atoms with Crippen molar-refractivity contribution in [3.05, 3.63) is 35.4 Å². The SMILES string of the molecule is CC(C)CC1CCCC(CN(C)C)C1.CC(C)Cc1cccc(CN(C)C)c1. The normalized spacial score (nSPS) is 20.0. The van der Waals surface area contributed by atoms with E-state index in [9.17, 15) is 0 Å². The predicted molar refractivity (Wildman–Crippen MR) is 126 cm³/mol. The van der Waals surface area contributed by atoms with E-state index < -0.39 is 0 Å². The predicted octanol–water partition coefficient (Wildman–Crippen LogP) is 6.35. The summed E-state index contributed by atoms with van der Waals surface area (Å²) in [6.07, 6.45) is 8.53. The molecule has 2 heteroatoms. The van der Waals surface area contributed by atoms with Crippen LogP contribution >= 0.6 is 0 Å². The van der Waals surface area contributed by atoms with Crippen molar-refractivity contribution in [1.29, 1.82) is 0 Å². The smallest absolute Gasteiger partial charge is 0.0227 e. The first-order valence-electron chi connectivity index (χ1n) is 11.5. The molecule has 0 heterocycles. The lowest BCUT2D eigenvalue weighted by Crippen LogP contribution is -2.27. The van der Waals surface area contributed by atoms with Crippen LogP contribution in [-0.4, -0.2) is 44.5 Å². The Labute approximate surface area is 176 Å². The zero-order valence-corrected chi connectivity index (χ0v) is 20.2. The number of hydrogen-bond donors (Lipinski definition) is 0. The fourth-order valence-corrected chi connectivity index (χ4v) is 4.66. The van der Waals surface area contributed by atoms with Crippen LogP contribution in [0, 0.1) is 23.7 Å². The molecule has 1 aliphatic rings. The lowest BCUT2D eigenvalue weighted by molar-refractivity contribution is 0.197. The molecule has 0 aliphatic heterocycles. The molecule has 0 aromatic heterocycles. The third kappa shape index (κ3) is 11.9. The Hall–Kier alpha value is -0.860. The first-order chi connectivity index (χ1) is 13.2. The lowest BCUT2D eigenvalue weighted by Gasteiger charge is -2.31. The molecular weight excluding hydrogens is 340 g/mol. The van der Waals surface area contributed by atoms with E-state index >= 15 is 0 Å². The van der Waals surface area contributed by atoms with E-state index in [2.05, 4.69) is 90.0 Å². The van der Waals surface area contributed by atoms with Gasteiger partial charge >= 0.3 is 0 Å². The summed E-state index contributed by atoms with van der Waals surface area (Å²) in [7, 11) is 8.61. The lowest BCUT2D eigenvalue weighted by atomic mass is 9.78. The van der Waals surface area contributed by atoms with Gasteiger partial charge in [0.05, 0.1) is 0 Å². The molecule has 2 atom stereocenters. The molecule has 28 heavy (non-hydrogen) atoms. The Kier molecular flexibility index (Phi) is 12.0. The van der Waals surface area contributed by atoms with Crippen molar-refractivity contribution in [1.82, 2.24) is 9.80 Å². The molecule has 1 saturated carbocycles. The molecule has 0 spiro atoms. The molecule has 0 bridgehead atoms. The van der Waals surface area contributed by atoms with Crippen LogP contribution in [0.1, 0.15) is 70.9 Å². The van der Waals surface area contributed by atoms with Crippen LogP contribution in [0.2, 0.25) is 0 Å². The van der Waals surface area contributed by atoms with Crippen molar-refractivity contribution in [2.45, 2.75) is 72.8 Å². The van der Waals surface area contributed by atoms with E-state index in [-0.39, 0.29) is 0 Å². The number of nitrogens with zero attached hydrogens (tertiary/aromatic N) is 2. The van der Waals surface area contributed by atoms with Gasteiger partial charge < -0.3 is 9.80 Å². The van der Waals surface area contributed by atoms with Gasteiger partial charge in [-0.3, -0.25) is 0 Å². The van der Waals surface area contributed by atoms with Crippen molar-refractivity contribution in [3.63, 3.8) is 0 Å². The van der Waals surface area contributed by atoms with E-state index in [0.717, 1.165) is 30.2 Å². The van der Waals surface area contributed by atoms with Gasteiger partial charge in [0.2, 0.25) is 0 Å². The summed E-state index contributed by atoms with van der Waals surface area (Å²) in [6.45, 7) is 11.6. The van der Waals surface area contributed by atoms with Gasteiger partial charge in [-0.1, -0.05) is 64.8 Å². The molecule has 0 radical (unpaired) electrons. The highest BCUT2D eigenvalue weighted by Gasteiger charge is 2.22. The molecule has 1 aliphatic carbocycles. The molecule has 0 saturated heterocycles. The third-order valence-electron chi connectivity index (χ3n) is 5.45. The van der Waals surface area contributed by atoms with Gasteiger partial charge in [0.15, 0.2) is 0 Å². The Morgan fingerprint density at radius 3 is 2.07 bits per heavy atom. The Morgan fingerprint density at radius 1 is 0.857 bits per heavy atom. The number of hydrogen-bond acceptors (Lipinski definition) is 2. The minimum absolute atomic E-state index is 0.740. The Balaban J connectivity index is 0.000000280. The monoisotopic (exact) mass is 388 g/mol. The molecule has 2 unspecified atom stereocenters. The van der Waals surface area contributed by atoms with Crippen molar-refractivity contribution in [2.75, 3.05) is 34.7 Å². The molecule has 0 amide bonds. The van der Waals surface area contributed by atoms with Crippen LogP contribution in [0.3, 0.4) is 0 Å². The molecule has 1 aromatic carbocycles. The van der Waals surface area contributed by atoms with Gasteiger partial charge in [0, 0.05) is 13.1 Å². The van der Waals surface area contributed by atoms with E-state index in [1.165, 1.54) is 56.2 Å². The maximum absolute atomic E-state index is 2.36. The van der Waals surface area contributed by atoms with Gasteiger partial charge in [0.25, 0.3) is 0 Å². The van der Waals surface area contributed by atoms with Crippen LogP contribution in [0.15, 0.2) is 24.3 Å². The first kappa shape index (κ1) is 25.2. The second kappa shape index (κ2) is 13.4. The van der Waals surface area contributed by atoms with Crippen molar-refractivity contribution >= 4 is 0 Å². The van der Waals surface area contributed by atoms with E-state index in [0.29, 0.717) is 0 Å². The molecule has 2 rings (SSSR count). The highest BCUT2D eigenvalue weighted by atomic mass is 15.1. The van der Waals surface area contributed by atoms with Crippen molar-refractivity contribution in [3.8, 4) is 0 Å². The Bertz CT molecular complexity index is 478. The van der Waals surface area contributed by atoms with Crippen LogP contribution in [0.5, 0.6) is 0 Å². The average Bonchev–Trinajstić information content (AvgIpc) is 2.53. The molecular formula is C26H48N2. The summed E-state index contributed by atoms with van der Waals surface area (Å²) in [5.74, 6) is 3.62. The van der Waals surface area contributed by atoms with Gasteiger partial charge in [-0.05, 0) is 88.7 Å². The van der Waals surface area contributed by atoms with E-state index in [1.54, 1.807) is 0 Å². The van der Waals surface area contributed by atoms with Crippen LogP contribution in [0.25, 0.3) is 0 Å².